The average Bonchev–Trinajstić information content (AvgIpc) is 2.92. The molecule has 0 saturated carbocycles. The molecular formula is C14H20N4O3S. The van der Waals surface area contributed by atoms with Gasteiger partial charge in [0.15, 0.2) is 5.69 Å². The van der Waals surface area contributed by atoms with Gasteiger partial charge in [0.25, 0.3) is 5.56 Å². The van der Waals surface area contributed by atoms with Crippen LogP contribution in [0.5, 0.6) is 0 Å². The number of aromatic nitrogens is 3. The van der Waals surface area contributed by atoms with Crippen LogP contribution in [0.3, 0.4) is 0 Å². The molecule has 0 aliphatic heterocycles. The van der Waals surface area contributed by atoms with Crippen molar-refractivity contribution >= 4 is 27.4 Å². The van der Waals surface area contributed by atoms with E-state index >= 15 is 0 Å². The van der Waals surface area contributed by atoms with E-state index in [1.54, 1.807) is 6.92 Å². The lowest BCUT2D eigenvalue weighted by atomic mass is 10.4. The van der Waals surface area contributed by atoms with Crippen LogP contribution in [-0.2, 0) is 4.74 Å². The molecule has 8 heteroatoms. The standard InChI is InChI=1S/C14H20N4O3S/c1-4-7-17(8-5-2)14-16-18-11(19)9-10(12(20)21-6-3)15-13(18)22-14/h9H,4-8H2,1-3H3. The van der Waals surface area contributed by atoms with Crippen LogP contribution in [0.25, 0.3) is 4.96 Å². The Hall–Kier alpha value is -1.96. The summed E-state index contributed by atoms with van der Waals surface area (Å²) in [6, 6.07) is 1.17. The largest absolute Gasteiger partial charge is 0.461 e. The number of anilines is 1. The van der Waals surface area contributed by atoms with E-state index in [1.165, 1.54) is 21.9 Å². The van der Waals surface area contributed by atoms with Crippen molar-refractivity contribution in [3.63, 3.8) is 0 Å². The molecule has 0 unspecified atom stereocenters. The fourth-order valence-corrected chi connectivity index (χ4v) is 3.04. The van der Waals surface area contributed by atoms with Crippen molar-refractivity contribution in [1.82, 2.24) is 14.6 Å². The molecule has 120 valence electrons. The second-order valence-corrected chi connectivity index (χ2v) is 5.70. The van der Waals surface area contributed by atoms with Gasteiger partial charge in [-0.2, -0.15) is 4.52 Å². The Bertz CT molecular complexity index is 704. The molecule has 2 rings (SSSR count). The fourth-order valence-electron chi connectivity index (χ4n) is 2.08. The Balaban J connectivity index is 2.43. The summed E-state index contributed by atoms with van der Waals surface area (Å²) in [4.78, 5) is 30.6. The maximum atomic E-state index is 12.1. The predicted octanol–water partition coefficient (Wildman–Crippen LogP) is 1.95. The zero-order valence-electron chi connectivity index (χ0n) is 13.0. The summed E-state index contributed by atoms with van der Waals surface area (Å²) in [6.07, 6.45) is 1.98. The van der Waals surface area contributed by atoms with Crippen molar-refractivity contribution in [3.05, 3.63) is 22.1 Å². The lowest BCUT2D eigenvalue weighted by Gasteiger charge is -2.19. The molecule has 0 amide bonds. The van der Waals surface area contributed by atoms with Gasteiger partial charge in [-0.15, -0.1) is 5.10 Å². The number of rotatable bonds is 7. The van der Waals surface area contributed by atoms with Gasteiger partial charge in [0.1, 0.15) is 0 Å². The van der Waals surface area contributed by atoms with Gasteiger partial charge in [0.2, 0.25) is 10.1 Å². The van der Waals surface area contributed by atoms with E-state index in [4.69, 9.17) is 4.74 Å². The number of ether oxygens (including phenoxy) is 1. The third-order valence-electron chi connectivity index (χ3n) is 2.98. The summed E-state index contributed by atoms with van der Waals surface area (Å²) < 4.78 is 6.12. The van der Waals surface area contributed by atoms with Crippen LogP contribution >= 0.6 is 11.3 Å². The summed E-state index contributed by atoms with van der Waals surface area (Å²) >= 11 is 1.31. The van der Waals surface area contributed by atoms with Crippen LogP contribution in [0.4, 0.5) is 5.13 Å². The summed E-state index contributed by atoms with van der Waals surface area (Å²) in [5, 5.41) is 5.07. The van der Waals surface area contributed by atoms with Crippen molar-refractivity contribution in [2.45, 2.75) is 33.6 Å². The van der Waals surface area contributed by atoms with Crippen LogP contribution in [0.15, 0.2) is 10.9 Å². The molecule has 22 heavy (non-hydrogen) atoms. The Kier molecular flexibility index (Phi) is 5.48. The van der Waals surface area contributed by atoms with Crippen molar-refractivity contribution in [2.75, 3.05) is 24.6 Å². The normalized spacial score (nSPS) is 10.9. The molecule has 0 spiro atoms. The molecule has 0 saturated heterocycles. The monoisotopic (exact) mass is 324 g/mol. The van der Waals surface area contributed by atoms with Crippen molar-refractivity contribution in [1.29, 1.82) is 0 Å². The molecule has 2 aromatic rings. The molecule has 7 nitrogen and oxygen atoms in total. The Morgan fingerprint density at radius 3 is 2.59 bits per heavy atom. The molecular weight excluding hydrogens is 304 g/mol. The molecule has 2 aromatic heterocycles. The first-order valence-electron chi connectivity index (χ1n) is 7.43. The minimum atomic E-state index is -0.587. The van der Waals surface area contributed by atoms with Crippen molar-refractivity contribution < 1.29 is 9.53 Å². The van der Waals surface area contributed by atoms with E-state index < -0.39 is 5.97 Å². The number of fused-ring (bicyclic) bond motifs is 1. The summed E-state index contributed by atoms with van der Waals surface area (Å²) in [5.41, 5.74) is -0.344. The molecule has 0 aliphatic rings. The number of carbonyl (C=O) groups is 1. The topological polar surface area (TPSA) is 76.8 Å². The van der Waals surface area contributed by atoms with E-state index in [0.29, 0.717) is 4.96 Å². The number of hydrogen-bond donors (Lipinski definition) is 0. The molecule has 0 radical (unpaired) electrons. The molecule has 0 aliphatic carbocycles. The molecule has 0 fully saturated rings. The van der Waals surface area contributed by atoms with Crippen LogP contribution in [0.1, 0.15) is 44.1 Å². The highest BCUT2D eigenvalue weighted by Crippen LogP contribution is 2.22. The summed E-state index contributed by atoms with van der Waals surface area (Å²) in [7, 11) is 0. The highest BCUT2D eigenvalue weighted by atomic mass is 32.1. The summed E-state index contributed by atoms with van der Waals surface area (Å²) in [5.74, 6) is -0.587. The minimum Gasteiger partial charge on any atom is -0.461 e. The number of hydrogen-bond acceptors (Lipinski definition) is 7. The predicted molar refractivity (Wildman–Crippen MR) is 85.9 cm³/mol. The van der Waals surface area contributed by atoms with Crippen LogP contribution in [0, 0.1) is 0 Å². The highest BCUT2D eigenvalue weighted by molar-refractivity contribution is 7.20. The van der Waals surface area contributed by atoms with Gasteiger partial charge in [0, 0.05) is 19.2 Å². The van der Waals surface area contributed by atoms with E-state index in [-0.39, 0.29) is 17.9 Å². The van der Waals surface area contributed by atoms with Crippen molar-refractivity contribution in [2.24, 2.45) is 0 Å². The fraction of sp³-hybridized carbons (Fsp3) is 0.571. The molecule has 0 aromatic carbocycles. The first-order valence-corrected chi connectivity index (χ1v) is 8.25. The summed E-state index contributed by atoms with van der Waals surface area (Å²) in [6.45, 7) is 7.88. The number of nitrogens with zero attached hydrogens (tertiary/aromatic N) is 4. The van der Waals surface area contributed by atoms with Gasteiger partial charge in [0.05, 0.1) is 6.61 Å². The SMILES string of the molecule is CCCN(CCC)c1nn2c(=O)cc(C(=O)OCC)nc2s1. The Labute approximate surface area is 132 Å². The van der Waals surface area contributed by atoms with Gasteiger partial charge in [-0.3, -0.25) is 4.79 Å². The molecule has 0 N–H and O–H groups in total. The molecule has 0 bridgehead atoms. The number of carbonyl (C=O) groups excluding carboxylic acids is 1. The van der Waals surface area contributed by atoms with E-state index in [9.17, 15) is 9.59 Å². The maximum Gasteiger partial charge on any atom is 0.357 e. The molecule has 0 atom stereocenters. The van der Waals surface area contributed by atoms with Crippen LogP contribution in [-0.4, -0.2) is 40.3 Å². The van der Waals surface area contributed by atoms with E-state index in [2.05, 4.69) is 28.8 Å². The van der Waals surface area contributed by atoms with E-state index in [1.807, 2.05) is 0 Å². The average molecular weight is 324 g/mol. The van der Waals surface area contributed by atoms with Gasteiger partial charge in [-0.25, -0.2) is 9.78 Å². The first kappa shape index (κ1) is 16.4. The van der Waals surface area contributed by atoms with Gasteiger partial charge in [-0.1, -0.05) is 25.2 Å². The zero-order chi connectivity index (χ0) is 16.1. The minimum absolute atomic E-state index is 0.0274. The Morgan fingerprint density at radius 1 is 1.32 bits per heavy atom. The lowest BCUT2D eigenvalue weighted by Crippen LogP contribution is -2.25. The highest BCUT2D eigenvalue weighted by Gasteiger charge is 2.17. The number of esters is 1. The van der Waals surface area contributed by atoms with Crippen LogP contribution < -0.4 is 10.5 Å². The Morgan fingerprint density at radius 2 is 2.00 bits per heavy atom. The second-order valence-electron chi connectivity index (χ2n) is 4.77. The van der Waals surface area contributed by atoms with Gasteiger partial charge >= 0.3 is 5.97 Å². The van der Waals surface area contributed by atoms with Gasteiger partial charge < -0.3 is 9.64 Å². The van der Waals surface area contributed by atoms with Crippen LogP contribution in [0.2, 0.25) is 0 Å². The third kappa shape index (κ3) is 3.44. The molecule has 2 heterocycles. The second kappa shape index (κ2) is 7.35. The quantitative estimate of drug-likeness (QED) is 0.725. The smallest absolute Gasteiger partial charge is 0.357 e. The maximum absolute atomic E-state index is 12.1. The zero-order valence-corrected chi connectivity index (χ0v) is 13.9. The first-order chi connectivity index (χ1) is 10.6. The van der Waals surface area contributed by atoms with Crippen molar-refractivity contribution in [3.8, 4) is 0 Å². The lowest BCUT2D eigenvalue weighted by molar-refractivity contribution is 0.0519. The van der Waals surface area contributed by atoms with E-state index in [0.717, 1.165) is 31.1 Å². The van der Waals surface area contributed by atoms with Gasteiger partial charge in [-0.05, 0) is 19.8 Å². The third-order valence-corrected chi connectivity index (χ3v) is 3.95.